The second-order valence-electron chi connectivity index (χ2n) is 5.50. The molecule has 0 heterocycles. The zero-order valence-electron chi connectivity index (χ0n) is 14.9. The van der Waals surface area contributed by atoms with Crippen LogP contribution in [0.4, 0.5) is 5.69 Å². The van der Waals surface area contributed by atoms with Gasteiger partial charge in [0.1, 0.15) is 0 Å². The maximum atomic E-state index is 10.7. The largest absolute Gasteiger partial charge is 0.381 e. The van der Waals surface area contributed by atoms with Gasteiger partial charge in [-0.25, -0.2) is 4.99 Å². The molecule has 0 aromatic heterocycles. The number of guanidine groups is 1. The topological polar surface area (TPSA) is 88.8 Å². The Morgan fingerprint density at radius 1 is 1.28 bits per heavy atom. The molecule has 2 N–H and O–H groups in total. The lowest BCUT2D eigenvalue weighted by Gasteiger charge is -2.11. The van der Waals surface area contributed by atoms with Crippen LogP contribution in [-0.2, 0) is 11.3 Å². The molecule has 0 aliphatic carbocycles. The molecule has 0 aliphatic rings. The van der Waals surface area contributed by atoms with Gasteiger partial charge in [0.2, 0.25) is 0 Å². The van der Waals surface area contributed by atoms with Crippen LogP contribution in [0.3, 0.4) is 0 Å². The summed E-state index contributed by atoms with van der Waals surface area (Å²) < 4.78 is 5.53. The standard InChI is InChI=1S/C18H28N4O3/c1-3-5-13-25-14-6-12-20-18(19-11-4-2)21-15-16-7-9-17(10-8-16)22(23)24/h4,7-10H,2-3,5-6,11-15H2,1H3,(H2,19,20,21). The lowest BCUT2D eigenvalue weighted by atomic mass is 10.2. The monoisotopic (exact) mass is 348 g/mol. The van der Waals surface area contributed by atoms with Crippen molar-refractivity contribution in [1.29, 1.82) is 0 Å². The number of nitro groups is 1. The highest BCUT2D eigenvalue weighted by Gasteiger charge is 2.04. The zero-order valence-corrected chi connectivity index (χ0v) is 14.9. The van der Waals surface area contributed by atoms with Gasteiger partial charge in [0.25, 0.3) is 5.69 Å². The molecule has 0 aliphatic heterocycles. The van der Waals surface area contributed by atoms with Crippen molar-refractivity contribution in [2.45, 2.75) is 32.7 Å². The molecule has 0 saturated heterocycles. The predicted octanol–water partition coefficient (Wildman–Crippen LogP) is 3.02. The molecule has 7 heteroatoms. The van der Waals surface area contributed by atoms with Gasteiger partial charge in [0, 0.05) is 38.4 Å². The Morgan fingerprint density at radius 3 is 2.64 bits per heavy atom. The first-order valence-electron chi connectivity index (χ1n) is 8.61. The first kappa shape index (κ1) is 20.6. The highest BCUT2D eigenvalue weighted by Crippen LogP contribution is 2.12. The average molecular weight is 348 g/mol. The van der Waals surface area contributed by atoms with Crippen molar-refractivity contribution < 1.29 is 9.66 Å². The summed E-state index contributed by atoms with van der Waals surface area (Å²) in [6.07, 6.45) is 4.90. The maximum absolute atomic E-state index is 10.7. The number of aliphatic imine (C=N–C) groups is 1. The van der Waals surface area contributed by atoms with Crippen molar-refractivity contribution in [3.8, 4) is 0 Å². The number of nitrogens with zero attached hydrogens (tertiary/aromatic N) is 2. The first-order chi connectivity index (χ1) is 12.2. The number of nitro benzene ring substituents is 1. The normalized spacial score (nSPS) is 11.2. The zero-order chi connectivity index (χ0) is 18.3. The molecule has 25 heavy (non-hydrogen) atoms. The van der Waals surface area contributed by atoms with E-state index in [1.54, 1.807) is 18.2 Å². The molecule has 0 amide bonds. The smallest absolute Gasteiger partial charge is 0.269 e. The van der Waals surface area contributed by atoms with Crippen LogP contribution < -0.4 is 10.6 Å². The van der Waals surface area contributed by atoms with E-state index >= 15 is 0 Å². The molecular weight excluding hydrogens is 320 g/mol. The minimum atomic E-state index is -0.408. The number of nitrogens with one attached hydrogen (secondary N) is 2. The summed E-state index contributed by atoms with van der Waals surface area (Å²) in [7, 11) is 0. The lowest BCUT2D eigenvalue weighted by Crippen LogP contribution is -2.38. The van der Waals surface area contributed by atoms with Gasteiger partial charge < -0.3 is 15.4 Å². The third kappa shape index (κ3) is 9.46. The van der Waals surface area contributed by atoms with Gasteiger partial charge in [-0.05, 0) is 18.4 Å². The predicted molar refractivity (Wildman–Crippen MR) is 101 cm³/mol. The van der Waals surface area contributed by atoms with E-state index in [0.29, 0.717) is 19.0 Å². The molecule has 1 aromatic rings. The SMILES string of the molecule is C=CCNC(=NCc1ccc([N+](=O)[O-])cc1)NCCCOCCCC. The second kappa shape index (κ2) is 12.9. The van der Waals surface area contributed by atoms with E-state index < -0.39 is 4.92 Å². The molecule has 0 bridgehead atoms. The van der Waals surface area contributed by atoms with E-state index in [-0.39, 0.29) is 5.69 Å². The van der Waals surface area contributed by atoms with Gasteiger partial charge >= 0.3 is 0 Å². The average Bonchev–Trinajstić information content (AvgIpc) is 2.62. The van der Waals surface area contributed by atoms with Crippen LogP contribution in [0.15, 0.2) is 41.9 Å². The summed E-state index contributed by atoms with van der Waals surface area (Å²) >= 11 is 0. The maximum Gasteiger partial charge on any atom is 0.269 e. The third-order valence-electron chi connectivity index (χ3n) is 3.38. The number of hydrogen-bond acceptors (Lipinski definition) is 4. The summed E-state index contributed by atoms with van der Waals surface area (Å²) in [5.41, 5.74) is 0.993. The van der Waals surface area contributed by atoms with E-state index in [1.807, 2.05) is 0 Å². The lowest BCUT2D eigenvalue weighted by molar-refractivity contribution is -0.384. The first-order valence-corrected chi connectivity index (χ1v) is 8.61. The molecule has 0 unspecified atom stereocenters. The number of non-ortho nitro benzene ring substituents is 1. The number of ether oxygens (including phenoxy) is 1. The number of hydrogen-bond donors (Lipinski definition) is 2. The van der Waals surface area contributed by atoms with Crippen LogP contribution in [0.1, 0.15) is 31.7 Å². The van der Waals surface area contributed by atoms with E-state index in [9.17, 15) is 10.1 Å². The molecule has 0 saturated carbocycles. The van der Waals surface area contributed by atoms with Crippen LogP contribution in [-0.4, -0.2) is 37.2 Å². The Hall–Kier alpha value is -2.41. The van der Waals surface area contributed by atoms with Crippen molar-refractivity contribution in [3.63, 3.8) is 0 Å². The minimum absolute atomic E-state index is 0.0823. The van der Waals surface area contributed by atoms with Crippen LogP contribution in [0, 0.1) is 10.1 Å². The molecule has 0 radical (unpaired) electrons. The highest BCUT2D eigenvalue weighted by molar-refractivity contribution is 5.79. The fourth-order valence-electron chi connectivity index (χ4n) is 1.97. The summed E-state index contributed by atoms with van der Waals surface area (Å²) in [5, 5.41) is 17.1. The van der Waals surface area contributed by atoms with Gasteiger partial charge in [-0.2, -0.15) is 0 Å². The van der Waals surface area contributed by atoms with Gasteiger partial charge in [0.15, 0.2) is 5.96 Å². The summed E-state index contributed by atoms with van der Waals surface area (Å²) in [6.45, 7) is 9.18. The number of unbranched alkanes of at least 4 members (excludes halogenated alkanes) is 1. The Morgan fingerprint density at radius 2 is 2.00 bits per heavy atom. The fraction of sp³-hybridized carbons (Fsp3) is 0.500. The van der Waals surface area contributed by atoms with Gasteiger partial charge in [-0.1, -0.05) is 31.6 Å². The van der Waals surface area contributed by atoms with Crippen molar-refractivity contribution in [2.24, 2.45) is 4.99 Å². The van der Waals surface area contributed by atoms with Gasteiger partial charge in [-0.3, -0.25) is 10.1 Å². The summed E-state index contributed by atoms with van der Waals surface area (Å²) in [4.78, 5) is 14.7. The third-order valence-corrected chi connectivity index (χ3v) is 3.38. The van der Waals surface area contributed by atoms with Gasteiger partial charge in [0.05, 0.1) is 11.5 Å². The molecule has 1 aromatic carbocycles. The molecule has 0 spiro atoms. The van der Waals surface area contributed by atoms with Crippen LogP contribution >= 0.6 is 0 Å². The molecular formula is C18H28N4O3. The van der Waals surface area contributed by atoms with E-state index in [1.165, 1.54) is 12.1 Å². The highest BCUT2D eigenvalue weighted by atomic mass is 16.6. The van der Waals surface area contributed by atoms with E-state index in [2.05, 4.69) is 29.1 Å². The summed E-state index contributed by atoms with van der Waals surface area (Å²) in [6, 6.07) is 6.41. The van der Waals surface area contributed by atoms with Crippen molar-refractivity contribution in [3.05, 3.63) is 52.6 Å². The fourth-order valence-corrected chi connectivity index (χ4v) is 1.97. The number of rotatable bonds is 12. The molecule has 138 valence electrons. The summed E-state index contributed by atoms with van der Waals surface area (Å²) in [5.74, 6) is 0.687. The quantitative estimate of drug-likeness (QED) is 0.151. The van der Waals surface area contributed by atoms with Crippen LogP contribution in [0.5, 0.6) is 0 Å². The van der Waals surface area contributed by atoms with Crippen LogP contribution in [0.25, 0.3) is 0 Å². The molecule has 1 rings (SSSR count). The Balaban J connectivity index is 2.43. The Labute approximate surface area is 149 Å². The van der Waals surface area contributed by atoms with Crippen molar-refractivity contribution in [2.75, 3.05) is 26.3 Å². The molecule has 0 fully saturated rings. The van der Waals surface area contributed by atoms with E-state index in [0.717, 1.165) is 44.6 Å². The van der Waals surface area contributed by atoms with Crippen molar-refractivity contribution >= 4 is 11.6 Å². The second-order valence-corrected chi connectivity index (χ2v) is 5.50. The van der Waals surface area contributed by atoms with Gasteiger partial charge in [-0.15, -0.1) is 6.58 Å². The molecule has 0 atom stereocenters. The van der Waals surface area contributed by atoms with E-state index in [4.69, 9.17) is 4.74 Å². The number of benzene rings is 1. The molecule has 7 nitrogen and oxygen atoms in total. The van der Waals surface area contributed by atoms with Crippen molar-refractivity contribution in [1.82, 2.24) is 10.6 Å². The van der Waals surface area contributed by atoms with Crippen LogP contribution in [0.2, 0.25) is 0 Å². The Kier molecular flexibility index (Phi) is 10.7. The Bertz CT molecular complexity index is 544. The minimum Gasteiger partial charge on any atom is -0.381 e.